The van der Waals surface area contributed by atoms with Gasteiger partial charge in [-0.1, -0.05) is 49.1 Å². The molecule has 1 rings (SSSR count). The molecular formula is C12H17F3OSi. The highest BCUT2D eigenvalue weighted by molar-refractivity contribution is 6.88. The lowest BCUT2D eigenvalue weighted by atomic mass is 10.2. The summed E-state index contributed by atoms with van der Waals surface area (Å²) < 4.78 is 40.2. The average molecular weight is 262 g/mol. The maximum absolute atomic E-state index is 11.9. The van der Waals surface area contributed by atoms with Crippen molar-refractivity contribution >= 4 is 13.3 Å². The number of ether oxygens (including phenoxy) is 1. The largest absolute Gasteiger partial charge is 0.411 e. The first-order valence-corrected chi connectivity index (χ1v) is 8.92. The van der Waals surface area contributed by atoms with Crippen LogP contribution in [0, 0.1) is 0 Å². The van der Waals surface area contributed by atoms with E-state index in [1.807, 2.05) is 24.3 Å². The Morgan fingerprint density at radius 2 is 1.59 bits per heavy atom. The molecule has 96 valence electrons. The van der Waals surface area contributed by atoms with Gasteiger partial charge < -0.3 is 4.74 Å². The highest BCUT2D eigenvalue weighted by Crippen LogP contribution is 2.15. The van der Waals surface area contributed by atoms with Gasteiger partial charge in [0.1, 0.15) is 6.61 Å². The lowest BCUT2D eigenvalue weighted by Crippen LogP contribution is -2.37. The summed E-state index contributed by atoms with van der Waals surface area (Å²) in [7, 11) is -1.34. The summed E-state index contributed by atoms with van der Waals surface area (Å²) in [5.74, 6) is 0. The molecular weight excluding hydrogens is 245 g/mol. The zero-order valence-electron chi connectivity index (χ0n) is 10.3. The molecule has 0 amide bonds. The van der Waals surface area contributed by atoms with Gasteiger partial charge in [-0.25, -0.2) is 0 Å². The molecule has 0 aliphatic heterocycles. The second-order valence-electron chi connectivity index (χ2n) is 5.05. The van der Waals surface area contributed by atoms with Crippen molar-refractivity contribution < 1.29 is 17.9 Å². The summed E-state index contributed by atoms with van der Waals surface area (Å²) in [6, 6.07) is 7.64. The molecule has 0 saturated carbocycles. The molecule has 0 aliphatic carbocycles. The maximum Gasteiger partial charge on any atom is 0.411 e. The first-order chi connectivity index (χ1) is 7.68. The van der Waals surface area contributed by atoms with Crippen molar-refractivity contribution in [3.63, 3.8) is 0 Å². The Morgan fingerprint density at radius 1 is 1.06 bits per heavy atom. The van der Waals surface area contributed by atoms with Crippen LogP contribution >= 0.6 is 0 Å². The van der Waals surface area contributed by atoms with Gasteiger partial charge in [0.2, 0.25) is 0 Å². The van der Waals surface area contributed by atoms with Gasteiger partial charge in [-0.05, 0) is 5.56 Å². The van der Waals surface area contributed by atoms with Crippen molar-refractivity contribution in [1.29, 1.82) is 0 Å². The van der Waals surface area contributed by atoms with Crippen LogP contribution in [0.5, 0.6) is 0 Å². The normalized spacial score (nSPS) is 12.8. The third-order valence-corrected chi connectivity index (χ3v) is 4.42. The van der Waals surface area contributed by atoms with E-state index < -0.39 is 20.9 Å². The minimum absolute atomic E-state index is 0.00544. The molecule has 0 unspecified atom stereocenters. The molecule has 0 spiro atoms. The zero-order chi connectivity index (χ0) is 13.1. The van der Waals surface area contributed by atoms with E-state index in [1.54, 1.807) is 0 Å². The SMILES string of the molecule is C[Si](C)(C)c1ccc(COCC(F)(F)F)cc1. The summed E-state index contributed by atoms with van der Waals surface area (Å²) in [5.41, 5.74) is 0.774. The Kier molecular flexibility index (Phi) is 4.38. The van der Waals surface area contributed by atoms with E-state index in [0.29, 0.717) is 0 Å². The summed E-state index contributed by atoms with van der Waals surface area (Å²) in [4.78, 5) is 0. The minimum atomic E-state index is -4.25. The molecule has 0 fully saturated rings. The number of hydrogen-bond acceptors (Lipinski definition) is 1. The van der Waals surface area contributed by atoms with Crippen LogP contribution in [0.4, 0.5) is 13.2 Å². The van der Waals surface area contributed by atoms with Gasteiger partial charge in [0.25, 0.3) is 0 Å². The van der Waals surface area contributed by atoms with Gasteiger partial charge in [0.15, 0.2) is 0 Å². The van der Waals surface area contributed by atoms with Crippen molar-refractivity contribution in [2.24, 2.45) is 0 Å². The van der Waals surface area contributed by atoms with Gasteiger partial charge >= 0.3 is 6.18 Å². The van der Waals surface area contributed by atoms with E-state index in [2.05, 4.69) is 24.4 Å². The van der Waals surface area contributed by atoms with Gasteiger partial charge in [0, 0.05) is 0 Å². The number of rotatable bonds is 4. The molecule has 0 aromatic heterocycles. The smallest absolute Gasteiger partial charge is 0.367 e. The Morgan fingerprint density at radius 3 is 2.00 bits per heavy atom. The fourth-order valence-electron chi connectivity index (χ4n) is 1.39. The van der Waals surface area contributed by atoms with E-state index in [-0.39, 0.29) is 6.61 Å². The zero-order valence-corrected chi connectivity index (χ0v) is 11.3. The summed E-state index contributed by atoms with van der Waals surface area (Å²) in [5, 5.41) is 1.29. The number of halogens is 3. The van der Waals surface area contributed by atoms with Crippen LogP contribution in [-0.4, -0.2) is 20.9 Å². The van der Waals surface area contributed by atoms with Crippen LogP contribution in [0.25, 0.3) is 0 Å². The molecule has 1 nitrogen and oxygen atoms in total. The lowest BCUT2D eigenvalue weighted by molar-refractivity contribution is -0.176. The van der Waals surface area contributed by atoms with Crippen molar-refractivity contribution in [3.05, 3.63) is 29.8 Å². The van der Waals surface area contributed by atoms with Crippen molar-refractivity contribution in [1.82, 2.24) is 0 Å². The quantitative estimate of drug-likeness (QED) is 0.756. The van der Waals surface area contributed by atoms with Crippen LogP contribution in [0.3, 0.4) is 0 Å². The van der Waals surface area contributed by atoms with Gasteiger partial charge in [-0.2, -0.15) is 13.2 Å². The molecule has 1 aromatic carbocycles. The summed E-state index contributed by atoms with van der Waals surface area (Å²) >= 11 is 0. The average Bonchev–Trinajstić information content (AvgIpc) is 2.15. The maximum atomic E-state index is 11.9. The highest BCUT2D eigenvalue weighted by Gasteiger charge is 2.27. The molecule has 0 N–H and O–H groups in total. The molecule has 0 atom stereocenters. The van der Waals surface area contributed by atoms with Crippen LogP contribution < -0.4 is 5.19 Å². The minimum Gasteiger partial charge on any atom is -0.367 e. The third kappa shape index (κ3) is 5.36. The number of alkyl halides is 3. The topological polar surface area (TPSA) is 9.23 Å². The molecule has 5 heteroatoms. The second-order valence-corrected chi connectivity index (χ2v) is 10.1. The highest BCUT2D eigenvalue weighted by atomic mass is 28.3. The molecule has 0 bridgehead atoms. The van der Waals surface area contributed by atoms with Crippen LogP contribution in [0.1, 0.15) is 5.56 Å². The second kappa shape index (κ2) is 5.22. The van der Waals surface area contributed by atoms with E-state index in [1.165, 1.54) is 5.19 Å². The fourth-order valence-corrected chi connectivity index (χ4v) is 2.55. The molecule has 17 heavy (non-hydrogen) atoms. The van der Waals surface area contributed by atoms with Crippen molar-refractivity contribution in [2.75, 3.05) is 6.61 Å². The number of hydrogen-bond donors (Lipinski definition) is 0. The van der Waals surface area contributed by atoms with Crippen LogP contribution in [-0.2, 0) is 11.3 Å². The van der Waals surface area contributed by atoms with E-state index in [9.17, 15) is 13.2 Å². The van der Waals surface area contributed by atoms with E-state index in [0.717, 1.165) is 5.56 Å². The van der Waals surface area contributed by atoms with Gasteiger partial charge in [-0.3, -0.25) is 0 Å². The molecule has 0 aliphatic rings. The van der Waals surface area contributed by atoms with Gasteiger partial charge in [-0.15, -0.1) is 0 Å². The Balaban J connectivity index is 2.52. The first kappa shape index (κ1) is 14.2. The fraction of sp³-hybridized carbons (Fsp3) is 0.500. The molecule has 0 saturated heterocycles. The van der Waals surface area contributed by atoms with E-state index in [4.69, 9.17) is 0 Å². The van der Waals surface area contributed by atoms with E-state index >= 15 is 0 Å². The summed E-state index contributed by atoms with van der Waals surface area (Å²) in [6.45, 7) is 5.49. The first-order valence-electron chi connectivity index (χ1n) is 5.42. The Bertz CT molecular complexity index is 351. The van der Waals surface area contributed by atoms with Crippen molar-refractivity contribution in [3.8, 4) is 0 Å². The monoisotopic (exact) mass is 262 g/mol. The number of benzene rings is 1. The lowest BCUT2D eigenvalue weighted by Gasteiger charge is -2.16. The molecule has 0 radical (unpaired) electrons. The Labute approximate surface area is 101 Å². The van der Waals surface area contributed by atoms with Crippen LogP contribution in [0.15, 0.2) is 24.3 Å². The molecule has 0 heterocycles. The standard InChI is InChI=1S/C12H17F3OSi/c1-17(2,3)11-6-4-10(5-7-11)8-16-9-12(13,14)15/h4-7H,8-9H2,1-3H3. The Hall–Kier alpha value is -0.813. The van der Waals surface area contributed by atoms with Crippen molar-refractivity contribution in [2.45, 2.75) is 32.4 Å². The predicted molar refractivity (Wildman–Crippen MR) is 65.1 cm³/mol. The van der Waals surface area contributed by atoms with Gasteiger partial charge in [0.05, 0.1) is 14.7 Å². The third-order valence-electron chi connectivity index (χ3n) is 2.35. The molecule has 1 aromatic rings. The summed E-state index contributed by atoms with van der Waals surface area (Å²) in [6.07, 6.45) is -4.25. The predicted octanol–water partition coefficient (Wildman–Crippen LogP) is 3.31. The van der Waals surface area contributed by atoms with Crippen LogP contribution in [0.2, 0.25) is 19.6 Å².